The Labute approximate surface area is 90.0 Å². The van der Waals surface area contributed by atoms with Crippen molar-refractivity contribution in [1.82, 2.24) is 0 Å². The summed E-state index contributed by atoms with van der Waals surface area (Å²) in [6, 6.07) is 1.87. The van der Waals surface area contributed by atoms with Gasteiger partial charge in [0.25, 0.3) is 0 Å². The lowest BCUT2D eigenvalue weighted by Crippen LogP contribution is -2.11. The second-order valence-electron chi connectivity index (χ2n) is 3.24. The summed E-state index contributed by atoms with van der Waals surface area (Å²) in [6.07, 6.45) is -4.51. The molecule has 3 nitrogen and oxygen atoms in total. The number of anilines is 1. The van der Waals surface area contributed by atoms with Crippen molar-refractivity contribution in [2.45, 2.75) is 20.0 Å². The highest BCUT2D eigenvalue weighted by molar-refractivity contribution is 5.71. The van der Waals surface area contributed by atoms with Crippen LogP contribution in [0.25, 0.3) is 0 Å². The van der Waals surface area contributed by atoms with Crippen LogP contribution in [-0.2, 0) is 11.0 Å². The minimum Gasteiger partial charge on any atom is -0.426 e. The van der Waals surface area contributed by atoms with Crippen LogP contribution in [0.1, 0.15) is 18.1 Å². The number of benzene rings is 1. The largest absolute Gasteiger partial charge is 0.426 e. The van der Waals surface area contributed by atoms with E-state index in [4.69, 9.17) is 10.5 Å². The monoisotopic (exact) mass is 233 g/mol. The van der Waals surface area contributed by atoms with E-state index in [0.717, 1.165) is 19.1 Å². The lowest BCUT2D eigenvalue weighted by atomic mass is 10.1. The van der Waals surface area contributed by atoms with Gasteiger partial charge in [0.05, 0.1) is 11.3 Å². The van der Waals surface area contributed by atoms with Crippen LogP contribution >= 0.6 is 0 Å². The molecule has 0 aliphatic carbocycles. The first-order valence-electron chi connectivity index (χ1n) is 4.38. The standard InChI is InChI=1S/C10H10F3NO2/c1-5-8(16-6(2)15)4-3-7(9(5)14)10(11,12)13/h3-4H,14H2,1-2H3. The molecule has 0 radical (unpaired) electrons. The molecule has 0 aromatic heterocycles. The van der Waals surface area contributed by atoms with E-state index in [1.54, 1.807) is 0 Å². The van der Waals surface area contributed by atoms with Gasteiger partial charge in [-0.25, -0.2) is 0 Å². The molecule has 0 heterocycles. The quantitative estimate of drug-likeness (QED) is 0.460. The van der Waals surface area contributed by atoms with E-state index in [0.29, 0.717) is 0 Å². The first kappa shape index (κ1) is 12.4. The van der Waals surface area contributed by atoms with E-state index in [9.17, 15) is 18.0 Å². The fraction of sp³-hybridized carbons (Fsp3) is 0.300. The van der Waals surface area contributed by atoms with E-state index < -0.39 is 23.4 Å². The van der Waals surface area contributed by atoms with Crippen LogP contribution in [0.4, 0.5) is 18.9 Å². The van der Waals surface area contributed by atoms with Crippen LogP contribution < -0.4 is 10.5 Å². The van der Waals surface area contributed by atoms with Gasteiger partial charge in [0.2, 0.25) is 0 Å². The SMILES string of the molecule is CC(=O)Oc1ccc(C(F)(F)F)c(N)c1C. The zero-order valence-electron chi connectivity index (χ0n) is 8.68. The van der Waals surface area contributed by atoms with E-state index >= 15 is 0 Å². The summed E-state index contributed by atoms with van der Waals surface area (Å²) in [5.74, 6) is -0.569. The van der Waals surface area contributed by atoms with E-state index in [2.05, 4.69) is 0 Å². The van der Waals surface area contributed by atoms with Crippen molar-refractivity contribution in [2.24, 2.45) is 0 Å². The summed E-state index contributed by atoms with van der Waals surface area (Å²) in [5, 5.41) is 0. The molecule has 0 aliphatic rings. The first-order valence-corrected chi connectivity index (χ1v) is 4.38. The molecule has 0 saturated carbocycles. The lowest BCUT2D eigenvalue weighted by Gasteiger charge is -2.14. The molecule has 0 fully saturated rings. The number of halogens is 3. The number of carbonyl (C=O) groups is 1. The summed E-state index contributed by atoms with van der Waals surface area (Å²) in [6.45, 7) is 2.52. The third kappa shape index (κ3) is 2.44. The van der Waals surface area contributed by atoms with Gasteiger partial charge < -0.3 is 10.5 Å². The molecule has 1 rings (SSSR count). The molecule has 2 N–H and O–H groups in total. The Hall–Kier alpha value is -1.72. The molecule has 6 heteroatoms. The number of hydrogen-bond donors (Lipinski definition) is 1. The topological polar surface area (TPSA) is 52.3 Å². The molecule has 0 bridgehead atoms. The molecular formula is C10H10F3NO2. The van der Waals surface area contributed by atoms with Crippen molar-refractivity contribution in [3.05, 3.63) is 23.3 Å². The zero-order valence-corrected chi connectivity index (χ0v) is 8.68. The Bertz CT molecular complexity index is 427. The molecule has 88 valence electrons. The summed E-state index contributed by atoms with van der Waals surface area (Å²) in [4.78, 5) is 10.7. The maximum Gasteiger partial charge on any atom is 0.418 e. The minimum absolute atomic E-state index is 0.0398. The van der Waals surface area contributed by atoms with Crippen molar-refractivity contribution in [3.63, 3.8) is 0 Å². The Kier molecular flexibility index (Phi) is 3.11. The highest BCUT2D eigenvalue weighted by Crippen LogP contribution is 2.37. The maximum atomic E-state index is 12.4. The van der Waals surface area contributed by atoms with Gasteiger partial charge in [-0.3, -0.25) is 4.79 Å². The van der Waals surface area contributed by atoms with Gasteiger partial charge >= 0.3 is 12.1 Å². The molecule has 1 aromatic carbocycles. The number of nitrogens with two attached hydrogens (primary N) is 1. The summed E-state index contributed by atoms with van der Waals surface area (Å²) < 4.78 is 42.0. The van der Waals surface area contributed by atoms with Crippen molar-refractivity contribution in [2.75, 3.05) is 5.73 Å². The zero-order chi connectivity index (χ0) is 12.5. The third-order valence-electron chi connectivity index (χ3n) is 2.02. The minimum atomic E-state index is -4.51. The number of esters is 1. The Balaban J connectivity index is 3.24. The second kappa shape index (κ2) is 4.03. The van der Waals surface area contributed by atoms with Crippen LogP contribution in [0.15, 0.2) is 12.1 Å². The maximum absolute atomic E-state index is 12.4. The molecule has 0 spiro atoms. The number of rotatable bonds is 1. The molecular weight excluding hydrogens is 223 g/mol. The molecule has 0 unspecified atom stereocenters. The van der Waals surface area contributed by atoms with Gasteiger partial charge in [-0.15, -0.1) is 0 Å². The van der Waals surface area contributed by atoms with Crippen molar-refractivity contribution >= 4 is 11.7 Å². The van der Waals surface area contributed by atoms with E-state index in [-0.39, 0.29) is 11.3 Å². The van der Waals surface area contributed by atoms with Crippen LogP contribution in [-0.4, -0.2) is 5.97 Å². The normalized spacial score (nSPS) is 11.3. The summed E-state index contributed by atoms with van der Waals surface area (Å²) in [7, 11) is 0. The van der Waals surface area contributed by atoms with Crippen LogP contribution in [0, 0.1) is 6.92 Å². The van der Waals surface area contributed by atoms with Gasteiger partial charge in [0.1, 0.15) is 5.75 Å². The molecule has 0 aliphatic heterocycles. The predicted octanol–water partition coefficient (Wildman–Crippen LogP) is 2.52. The number of alkyl halides is 3. The number of carbonyl (C=O) groups excluding carboxylic acids is 1. The van der Waals surface area contributed by atoms with Gasteiger partial charge in [-0.2, -0.15) is 13.2 Å². The fourth-order valence-electron chi connectivity index (χ4n) is 1.22. The molecule has 0 atom stereocenters. The highest BCUT2D eigenvalue weighted by atomic mass is 19.4. The average molecular weight is 233 g/mol. The summed E-state index contributed by atoms with van der Waals surface area (Å²) >= 11 is 0. The third-order valence-corrected chi connectivity index (χ3v) is 2.02. The number of nitrogen functional groups attached to an aromatic ring is 1. The average Bonchev–Trinajstić information content (AvgIpc) is 2.10. The first-order chi connectivity index (χ1) is 7.23. The molecule has 16 heavy (non-hydrogen) atoms. The molecule has 1 aromatic rings. The molecule has 0 saturated heterocycles. The van der Waals surface area contributed by atoms with Gasteiger partial charge in [0.15, 0.2) is 0 Å². The fourth-order valence-corrected chi connectivity index (χ4v) is 1.22. The van der Waals surface area contributed by atoms with Crippen LogP contribution in [0.3, 0.4) is 0 Å². The molecule has 0 amide bonds. The van der Waals surface area contributed by atoms with E-state index in [1.165, 1.54) is 6.92 Å². The van der Waals surface area contributed by atoms with Crippen LogP contribution in [0.2, 0.25) is 0 Å². The highest BCUT2D eigenvalue weighted by Gasteiger charge is 2.34. The van der Waals surface area contributed by atoms with Gasteiger partial charge in [-0.05, 0) is 19.1 Å². The Morgan fingerprint density at radius 3 is 2.38 bits per heavy atom. The Morgan fingerprint density at radius 1 is 1.38 bits per heavy atom. The van der Waals surface area contributed by atoms with Gasteiger partial charge in [-0.1, -0.05) is 0 Å². The number of ether oxygens (including phenoxy) is 1. The summed E-state index contributed by atoms with van der Waals surface area (Å²) in [5.41, 5.74) is 4.08. The van der Waals surface area contributed by atoms with E-state index in [1.807, 2.05) is 0 Å². The van der Waals surface area contributed by atoms with Crippen molar-refractivity contribution in [3.8, 4) is 5.75 Å². The predicted molar refractivity (Wildman–Crippen MR) is 51.9 cm³/mol. The van der Waals surface area contributed by atoms with Gasteiger partial charge in [0, 0.05) is 12.5 Å². The second-order valence-corrected chi connectivity index (χ2v) is 3.24. The smallest absolute Gasteiger partial charge is 0.418 e. The number of hydrogen-bond acceptors (Lipinski definition) is 3. The Morgan fingerprint density at radius 2 is 1.94 bits per heavy atom. The van der Waals surface area contributed by atoms with Crippen molar-refractivity contribution in [1.29, 1.82) is 0 Å². The van der Waals surface area contributed by atoms with Crippen LogP contribution in [0.5, 0.6) is 5.75 Å². The van der Waals surface area contributed by atoms with Crippen molar-refractivity contribution < 1.29 is 22.7 Å². The lowest BCUT2D eigenvalue weighted by molar-refractivity contribution is -0.136.